The summed E-state index contributed by atoms with van der Waals surface area (Å²) in [5, 5.41) is 41.4. The monoisotopic (exact) mass is 520 g/mol. The van der Waals surface area contributed by atoms with Crippen molar-refractivity contribution in [2.75, 3.05) is 0 Å². The Kier molecular flexibility index (Phi) is 6.78. The Morgan fingerprint density at radius 1 is 1.14 bits per heavy atom. The molecule has 3 aliphatic carbocycles. The first-order valence-electron chi connectivity index (χ1n) is 14.0. The lowest BCUT2D eigenvalue weighted by atomic mass is 9.37. The zero-order chi connectivity index (χ0) is 27.9. The van der Waals surface area contributed by atoms with Crippen molar-refractivity contribution < 1.29 is 34.8 Å². The average Bonchev–Trinajstić information content (AvgIpc) is 3.09. The smallest absolute Gasteiger partial charge is 0.309 e. The van der Waals surface area contributed by atoms with Gasteiger partial charge in [-0.25, -0.2) is 0 Å². The van der Waals surface area contributed by atoms with E-state index in [0.29, 0.717) is 12.8 Å². The van der Waals surface area contributed by atoms with Crippen LogP contribution in [0, 0.1) is 39.4 Å². The van der Waals surface area contributed by atoms with Gasteiger partial charge in [-0.15, -0.1) is 0 Å². The van der Waals surface area contributed by atoms with Gasteiger partial charge in [-0.05, 0) is 87.9 Å². The number of aliphatic carboxylic acids is 1. The maximum absolute atomic E-state index is 13.0. The molecule has 0 amide bonds. The number of hydrogen-bond acceptors (Lipinski definition) is 6. The molecule has 0 spiro atoms. The number of ether oxygens (including phenoxy) is 1. The average molecular weight is 521 g/mol. The molecule has 0 aromatic heterocycles. The first-order valence-corrected chi connectivity index (χ1v) is 14.0. The lowest BCUT2D eigenvalue weighted by molar-refractivity contribution is -0.237. The van der Waals surface area contributed by atoms with E-state index in [9.17, 15) is 30.0 Å². The van der Waals surface area contributed by atoms with Crippen molar-refractivity contribution in [1.82, 2.24) is 0 Å². The molecule has 7 heteroatoms. The van der Waals surface area contributed by atoms with Crippen LogP contribution in [-0.4, -0.2) is 56.3 Å². The quantitative estimate of drug-likeness (QED) is 0.288. The zero-order valence-corrected chi connectivity index (χ0v) is 23.9. The van der Waals surface area contributed by atoms with Crippen LogP contribution >= 0.6 is 0 Å². The van der Waals surface area contributed by atoms with Gasteiger partial charge < -0.3 is 25.2 Å². The number of fused-ring (bicyclic) bond motifs is 2. The number of carboxylic acids is 1. The van der Waals surface area contributed by atoms with Crippen LogP contribution in [0.1, 0.15) is 100 Å². The van der Waals surface area contributed by atoms with Crippen LogP contribution in [0.2, 0.25) is 0 Å². The third-order valence-electron chi connectivity index (χ3n) is 11.6. The van der Waals surface area contributed by atoms with Crippen LogP contribution in [0.25, 0.3) is 0 Å². The molecule has 1 heterocycles. The second kappa shape index (κ2) is 8.79. The number of aliphatic hydroxyl groups is 3. The van der Waals surface area contributed by atoms with Crippen molar-refractivity contribution in [3.05, 3.63) is 11.1 Å². The van der Waals surface area contributed by atoms with Gasteiger partial charge >= 0.3 is 11.9 Å². The summed E-state index contributed by atoms with van der Waals surface area (Å²) in [4.78, 5) is 25.3. The number of allylic oxidation sites excluding steroid dienone is 1. The highest BCUT2D eigenvalue weighted by molar-refractivity contribution is 5.76. The number of rotatable bonds is 7. The van der Waals surface area contributed by atoms with Gasteiger partial charge in [0.05, 0.1) is 23.5 Å². The molecule has 4 N–H and O–H groups in total. The molecule has 210 valence electrons. The summed E-state index contributed by atoms with van der Waals surface area (Å²) < 4.78 is 6.08. The summed E-state index contributed by atoms with van der Waals surface area (Å²) >= 11 is 0. The third-order valence-corrected chi connectivity index (χ3v) is 11.6. The van der Waals surface area contributed by atoms with E-state index >= 15 is 0 Å². The molecule has 9 atom stereocenters. The standard InChI is InChI=1S/C30H48O7/c1-16(13-19(31)24(33)27(4,5)36)17-9-11-29(7)18(17)14-20-23-28(6,15-22(32)37-20)21(10-12-30(23,29)8)26(2,3)25(34)35/h16,19-21,23-24,31,33,36H,9-15H2,1-8H3,(H,34,35)/t16-,19-,20+,21+,23+,24+,28+,29+,30+/m1/s1. The molecule has 0 aromatic rings. The summed E-state index contributed by atoms with van der Waals surface area (Å²) in [5.41, 5.74) is -0.468. The lowest BCUT2D eigenvalue weighted by Crippen LogP contribution is -2.67. The van der Waals surface area contributed by atoms with E-state index in [1.54, 1.807) is 0 Å². The summed E-state index contributed by atoms with van der Waals surface area (Å²) in [6, 6.07) is 0. The molecular formula is C30H48O7. The van der Waals surface area contributed by atoms with Crippen LogP contribution in [0.4, 0.5) is 0 Å². The summed E-state index contributed by atoms with van der Waals surface area (Å²) in [5.74, 6) is -1.10. The fourth-order valence-corrected chi connectivity index (χ4v) is 9.52. The van der Waals surface area contributed by atoms with Gasteiger partial charge in [-0.2, -0.15) is 0 Å². The first-order chi connectivity index (χ1) is 16.8. The number of carbonyl (C=O) groups excluding carboxylic acids is 1. The van der Waals surface area contributed by atoms with Gasteiger partial charge in [0.1, 0.15) is 12.2 Å². The molecular weight excluding hydrogens is 472 g/mol. The third kappa shape index (κ3) is 4.10. The molecule has 3 fully saturated rings. The maximum Gasteiger partial charge on any atom is 0.309 e. The molecule has 7 nitrogen and oxygen atoms in total. The Morgan fingerprint density at radius 3 is 2.32 bits per heavy atom. The van der Waals surface area contributed by atoms with E-state index in [1.165, 1.54) is 25.0 Å². The summed E-state index contributed by atoms with van der Waals surface area (Å²) in [6.07, 6.45) is 2.16. The van der Waals surface area contributed by atoms with Gasteiger partial charge in [0, 0.05) is 12.3 Å². The Hall–Kier alpha value is -1.44. The molecule has 1 aliphatic heterocycles. The normalized spacial score (nSPS) is 40.4. The molecule has 37 heavy (non-hydrogen) atoms. The summed E-state index contributed by atoms with van der Waals surface area (Å²) in [7, 11) is 0. The van der Waals surface area contributed by atoms with Crippen LogP contribution < -0.4 is 0 Å². The van der Waals surface area contributed by atoms with E-state index in [4.69, 9.17) is 4.74 Å². The Balaban J connectivity index is 1.73. The van der Waals surface area contributed by atoms with Gasteiger partial charge in [0.2, 0.25) is 0 Å². The van der Waals surface area contributed by atoms with Crippen molar-refractivity contribution in [2.45, 2.75) is 124 Å². The zero-order valence-electron chi connectivity index (χ0n) is 23.9. The Morgan fingerprint density at radius 2 is 1.76 bits per heavy atom. The SMILES string of the molecule is C[C@H](C[C@@H](O)[C@H](O)C(C)(C)O)C1=C2C[C@@H]3OC(=O)C[C@@]4(C)[C@H](C(C)(C)C(=O)O)CC[C@@](C)([C@@H]34)[C@@]2(C)CC1. The number of hydrogen-bond donors (Lipinski definition) is 4. The lowest BCUT2D eigenvalue weighted by Gasteiger charge is -2.68. The van der Waals surface area contributed by atoms with Gasteiger partial charge in [-0.3, -0.25) is 9.59 Å². The molecule has 4 aliphatic rings. The molecule has 2 saturated carbocycles. The van der Waals surface area contributed by atoms with Crippen LogP contribution in [0.15, 0.2) is 11.1 Å². The topological polar surface area (TPSA) is 124 Å². The second-order valence-corrected chi connectivity index (χ2v) is 14.6. The van der Waals surface area contributed by atoms with Crippen LogP contribution in [0.5, 0.6) is 0 Å². The van der Waals surface area contributed by atoms with Crippen molar-refractivity contribution >= 4 is 11.9 Å². The van der Waals surface area contributed by atoms with Gasteiger partial charge in [-0.1, -0.05) is 38.8 Å². The van der Waals surface area contributed by atoms with E-state index in [1.807, 2.05) is 13.8 Å². The van der Waals surface area contributed by atoms with E-state index in [2.05, 4.69) is 27.7 Å². The number of carbonyl (C=O) groups is 2. The molecule has 0 unspecified atom stereocenters. The fourth-order valence-electron chi connectivity index (χ4n) is 9.52. The number of esters is 1. The fraction of sp³-hybridized carbons (Fsp3) is 0.867. The number of carboxylic acid groups (broad SMARTS) is 1. The first kappa shape index (κ1) is 28.6. The minimum absolute atomic E-state index is 0.0110. The predicted molar refractivity (Wildman–Crippen MR) is 139 cm³/mol. The second-order valence-electron chi connectivity index (χ2n) is 14.6. The van der Waals surface area contributed by atoms with Crippen molar-refractivity contribution in [2.24, 2.45) is 39.4 Å². The minimum Gasteiger partial charge on any atom is -0.481 e. The van der Waals surface area contributed by atoms with Crippen LogP contribution in [0.3, 0.4) is 0 Å². The molecule has 0 radical (unpaired) electrons. The van der Waals surface area contributed by atoms with Crippen LogP contribution in [-0.2, 0) is 14.3 Å². The van der Waals surface area contributed by atoms with E-state index in [0.717, 1.165) is 25.7 Å². The highest BCUT2D eigenvalue weighted by Gasteiger charge is 2.71. The van der Waals surface area contributed by atoms with Crippen molar-refractivity contribution in [3.8, 4) is 0 Å². The predicted octanol–water partition coefficient (Wildman–Crippen LogP) is 4.47. The van der Waals surface area contributed by atoms with E-state index < -0.39 is 34.6 Å². The number of aliphatic hydroxyl groups excluding tert-OH is 2. The summed E-state index contributed by atoms with van der Waals surface area (Å²) in [6.45, 7) is 15.5. The minimum atomic E-state index is -1.39. The van der Waals surface area contributed by atoms with Crippen molar-refractivity contribution in [1.29, 1.82) is 0 Å². The maximum atomic E-state index is 13.0. The van der Waals surface area contributed by atoms with Gasteiger partial charge in [0.25, 0.3) is 0 Å². The van der Waals surface area contributed by atoms with E-state index in [-0.39, 0.29) is 47.1 Å². The highest BCUT2D eigenvalue weighted by Crippen LogP contribution is 2.74. The molecule has 4 rings (SSSR count). The molecule has 0 bridgehead atoms. The molecule has 1 saturated heterocycles. The van der Waals surface area contributed by atoms with Crippen molar-refractivity contribution in [3.63, 3.8) is 0 Å². The highest BCUT2D eigenvalue weighted by atomic mass is 16.5. The largest absolute Gasteiger partial charge is 0.481 e. The Labute approximate surface area is 221 Å². The van der Waals surface area contributed by atoms with Gasteiger partial charge in [0.15, 0.2) is 0 Å². The molecule has 0 aromatic carbocycles. The Bertz CT molecular complexity index is 992.